The lowest BCUT2D eigenvalue weighted by molar-refractivity contribution is -0.131. The van der Waals surface area contributed by atoms with Crippen molar-refractivity contribution in [2.75, 3.05) is 11.9 Å². The number of para-hydroxylation sites is 1. The monoisotopic (exact) mass is 526 g/mol. The van der Waals surface area contributed by atoms with E-state index in [9.17, 15) is 9.59 Å². The zero-order valence-corrected chi connectivity index (χ0v) is 22.5. The molecular formula is C31H34N4O4. The lowest BCUT2D eigenvalue weighted by atomic mass is 9.72. The van der Waals surface area contributed by atoms with Crippen LogP contribution in [0.15, 0.2) is 46.9 Å². The van der Waals surface area contributed by atoms with Gasteiger partial charge in [-0.2, -0.15) is 0 Å². The van der Waals surface area contributed by atoms with Crippen LogP contribution in [0, 0.1) is 18.8 Å². The molecule has 0 radical (unpaired) electrons. The summed E-state index contributed by atoms with van der Waals surface area (Å²) < 4.78 is 13.2. The largest absolute Gasteiger partial charge is 0.469 e. The van der Waals surface area contributed by atoms with Gasteiger partial charge in [-0.25, -0.2) is 4.98 Å². The van der Waals surface area contributed by atoms with Gasteiger partial charge in [0.25, 0.3) is 0 Å². The molecule has 1 saturated heterocycles. The molecule has 2 aromatic carbocycles. The van der Waals surface area contributed by atoms with E-state index in [1.54, 1.807) is 0 Å². The van der Waals surface area contributed by atoms with Gasteiger partial charge < -0.3 is 25.1 Å². The summed E-state index contributed by atoms with van der Waals surface area (Å²) in [6.45, 7) is 6.90. The number of nitrogens with one attached hydrogen (secondary N) is 3. The molecule has 1 amide bonds. The fourth-order valence-electron chi connectivity index (χ4n) is 6.94. The van der Waals surface area contributed by atoms with Gasteiger partial charge in [-0.1, -0.05) is 44.2 Å². The fraction of sp³-hybridized carbons (Fsp3) is 0.452. The highest BCUT2D eigenvalue weighted by molar-refractivity contribution is 5.90. The lowest BCUT2D eigenvalue weighted by Gasteiger charge is -2.28. The average Bonchev–Trinajstić information content (AvgIpc) is 3.69. The summed E-state index contributed by atoms with van der Waals surface area (Å²) in [4.78, 5) is 31.9. The number of Topliss-reactive ketones (excluding diaryl/α,β-unsaturated/α-hetero) is 1. The number of nitrogens with zero attached hydrogens (tertiary/aromatic N) is 1. The Morgan fingerprint density at radius 2 is 2.00 bits per heavy atom. The Morgan fingerprint density at radius 3 is 2.79 bits per heavy atom. The summed E-state index contributed by atoms with van der Waals surface area (Å²) >= 11 is 0. The summed E-state index contributed by atoms with van der Waals surface area (Å²) in [6, 6.07) is 13.8. The maximum absolute atomic E-state index is 13.8. The first kappa shape index (κ1) is 24.4. The van der Waals surface area contributed by atoms with Crippen molar-refractivity contribution in [3.63, 3.8) is 0 Å². The molecule has 39 heavy (non-hydrogen) atoms. The van der Waals surface area contributed by atoms with Crippen LogP contribution in [0.1, 0.15) is 73.2 Å². The normalized spacial score (nSPS) is 28.6. The predicted molar refractivity (Wildman–Crippen MR) is 146 cm³/mol. The topological polar surface area (TPSA) is 105 Å². The van der Waals surface area contributed by atoms with Crippen LogP contribution in [0.5, 0.6) is 5.75 Å². The van der Waals surface area contributed by atoms with E-state index in [1.165, 1.54) is 0 Å². The summed E-state index contributed by atoms with van der Waals surface area (Å²) in [6.07, 6.45) is 2.07. The summed E-state index contributed by atoms with van der Waals surface area (Å²) in [5.41, 5.74) is 4.13. The Labute approximate surface area is 227 Å². The number of carbonyl (C=O) groups is 2. The highest BCUT2D eigenvalue weighted by Crippen LogP contribution is 2.58. The first-order valence-corrected chi connectivity index (χ1v) is 14.1. The Balaban J connectivity index is 1.41. The molecule has 3 aromatic rings. The molecule has 5 atom stereocenters. The lowest BCUT2D eigenvalue weighted by Crippen LogP contribution is -2.41. The number of ketones is 1. The molecule has 1 spiro atoms. The smallest absolute Gasteiger partial charge is 0.224 e. The van der Waals surface area contributed by atoms with Crippen molar-refractivity contribution in [2.24, 2.45) is 11.8 Å². The third-order valence-corrected chi connectivity index (χ3v) is 8.90. The maximum atomic E-state index is 13.8. The minimum atomic E-state index is -0.721. The third-order valence-electron chi connectivity index (χ3n) is 8.90. The van der Waals surface area contributed by atoms with Crippen LogP contribution in [-0.2, 0) is 21.4 Å². The van der Waals surface area contributed by atoms with Crippen molar-refractivity contribution in [3.8, 4) is 5.75 Å². The summed E-state index contributed by atoms with van der Waals surface area (Å²) in [5, 5.41) is 10.1. The number of rotatable bonds is 4. The Morgan fingerprint density at radius 1 is 1.15 bits per heavy atom. The molecule has 7 rings (SSSR count). The Bertz CT molecular complexity index is 1470. The second-order valence-electron chi connectivity index (χ2n) is 11.7. The number of aromatic nitrogens is 1. The molecule has 1 fully saturated rings. The minimum absolute atomic E-state index is 0.0335. The summed E-state index contributed by atoms with van der Waals surface area (Å²) in [5.74, 6) is 1.49. The van der Waals surface area contributed by atoms with Crippen molar-refractivity contribution in [1.82, 2.24) is 15.6 Å². The number of fused-ring (bicyclic) bond motifs is 4. The van der Waals surface area contributed by atoms with Crippen LogP contribution in [0.25, 0.3) is 0 Å². The molecule has 3 N–H and O–H groups in total. The van der Waals surface area contributed by atoms with E-state index in [1.807, 2.05) is 45.0 Å². The van der Waals surface area contributed by atoms with Gasteiger partial charge in [-0.05, 0) is 61.9 Å². The van der Waals surface area contributed by atoms with Gasteiger partial charge in [0.05, 0.1) is 11.7 Å². The molecule has 8 heteroatoms. The van der Waals surface area contributed by atoms with E-state index in [0.717, 1.165) is 59.0 Å². The quantitative estimate of drug-likeness (QED) is 0.469. The predicted octanol–water partition coefficient (Wildman–Crippen LogP) is 4.16. The third kappa shape index (κ3) is 3.64. The van der Waals surface area contributed by atoms with Crippen molar-refractivity contribution >= 4 is 17.4 Å². The number of oxazole rings is 1. The van der Waals surface area contributed by atoms with E-state index in [4.69, 9.17) is 14.1 Å². The average molecular weight is 527 g/mol. The van der Waals surface area contributed by atoms with Crippen molar-refractivity contribution in [2.45, 2.75) is 70.2 Å². The number of aryl methyl sites for hydroxylation is 1. The van der Waals surface area contributed by atoms with Crippen LogP contribution in [0.4, 0.5) is 5.69 Å². The number of anilines is 1. The minimum Gasteiger partial charge on any atom is -0.469 e. The first-order valence-electron chi connectivity index (χ1n) is 14.1. The van der Waals surface area contributed by atoms with Crippen molar-refractivity contribution in [1.29, 1.82) is 0 Å². The molecule has 0 aliphatic carbocycles. The second-order valence-corrected chi connectivity index (χ2v) is 11.7. The van der Waals surface area contributed by atoms with Gasteiger partial charge in [-0.3, -0.25) is 9.59 Å². The van der Waals surface area contributed by atoms with Crippen molar-refractivity contribution < 1.29 is 18.7 Å². The standard InChI is InChI=1S/C31H34N4O4/c1-16(2)26-29-33-17(3)27(39-29)31-20-7-4-5-8-22(20)34-30(31)38-25-11-10-18(14-21(25)31)13-19(28(37)35-26)15-24(36)23-9-6-12-32-23/h4-5,7-8,10-11,14,16,19,23,26,30,32,34H,6,9,12-13,15H2,1-3H3,(H,35,37)/t19?,23-,26?,30-,31?/m0/s1. The molecule has 8 nitrogen and oxygen atoms in total. The van der Waals surface area contributed by atoms with Crippen LogP contribution < -0.4 is 20.7 Å². The second kappa shape index (κ2) is 8.95. The fourth-order valence-corrected chi connectivity index (χ4v) is 6.94. The van der Waals surface area contributed by atoms with Gasteiger partial charge in [0.1, 0.15) is 23.0 Å². The first-order chi connectivity index (χ1) is 18.9. The molecule has 202 valence electrons. The van der Waals surface area contributed by atoms with Crippen LogP contribution in [0.2, 0.25) is 0 Å². The zero-order chi connectivity index (χ0) is 26.9. The maximum Gasteiger partial charge on any atom is 0.224 e. The zero-order valence-electron chi connectivity index (χ0n) is 22.5. The SMILES string of the molecule is Cc1nc2oc1C13c4ccccc4N[C@H]1Oc1ccc(cc13)CC(CC(=O)[C@@H]1CCCN1)C(=O)NC2C(C)C. The Kier molecular flexibility index (Phi) is 5.60. The van der Waals surface area contributed by atoms with Gasteiger partial charge in [0.15, 0.2) is 12.0 Å². The molecule has 3 unspecified atom stereocenters. The van der Waals surface area contributed by atoms with Crippen LogP contribution >= 0.6 is 0 Å². The van der Waals surface area contributed by atoms with E-state index in [-0.39, 0.29) is 36.3 Å². The van der Waals surface area contributed by atoms with E-state index in [2.05, 4.69) is 34.1 Å². The molecule has 4 aliphatic rings. The number of benzene rings is 2. The molecule has 1 aromatic heterocycles. The van der Waals surface area contributed by atoms with E-state index >= 15 is 0 Å². The number of amides is 1. The number of ether oxygens (including phenoxy) is 1. The van der Waals surface area contributed by atoms with Crippen LogP contribution in [0.3, 0.4) is 0 Å². The molecule has 5 heterocycles. The number of carbonyl (C=O) groups excluding carboxylic acids is 2. The molecule has 4 aliphatic heterocycles. The summed E-state index contributed by atoms with van der Waals surface area (Å²) in [7, 11) is 0. The van der Waals surface area contributed by atoms with E-state index in [0.29, 0.717) is 12.3 Å². The van der Waals surface area contributed by atoms with Gasteiger partial charge in [-0.15, -0.1) is 0 Å². The number of hydrogen-bond donors (Lipinski definition) is 3. The number of hydrogen-bond acceptors (Lipinski definition) is 7. The highest BCUT2D eigenvalue weighted by Gasteiger charge is 2.60. The van der Waals surface area contributed by atoms with Gasteiger partial charge in [0, 0.05) is 23.6 Å². The van der Waals surface area contributed by atoms with Gasteiger partial charge in [0.2, 0.25) is 11.8 Å². The molecule has 4 bridgehead atoms. The Hall–Kier alpha value is -3.65. The highest BCUT2D eigenvalue weighted by atomic mass is 16.5. The van der Waals surface area contributed by atoms with E-state index < -0.39 is 17.4 Å². The van der Waals surface area contributed by atoms with Crippen LogP contribution in [-0.4, -0.2) is 35.5 Å². The molecule has 0 saturated carbocycles. The molecular weight excluding hydrogens is 492 g/mol. The van der Waals surface area contributed by atoms with Gasteiger partial charge >= 0.3 is 0 Å². The van der Waals surface area contributed by atoms with Crippen molar-refractivity contribution in [3.05, 3.63) is 76.5 Å².